The predicted octanol–water partition coefficient (Wildman–Crippen LogP) is 3.60. The Morgan fingerprint density at radius 3 is 1.26 bits per heavy atom. The Hall–Kier alpha value is -5.94. The molecule has 0 aromatic rings. The first kappa shape index (κ1) is 50.1. The van der Waals surface area contributed by atoms with Crippen molar-refractivity contribution >= 4 is 48.0 Å². The van der Waals surface area contributed by atoms with Gasteiger partial charge in [0.25, 0.3) is 0 Å². The van der Waals surface area contributed by atoms with Crippen molar-refractivity contribution in [2.45, 2.75) is 59.4 Å². The molecule has 1 aliphatic rings. The van der Waals surface area contributed by atoms with E-state index >= 15 is 0 Å². The molecule has 322 valence electrons. The molecule has 0 aliphatic heterocycles. The summed E-state index contributed by atoms with van der Waals surface area (Å²) in [5.41, 5.74) is -3.99. The second kappa shape index (κ2) is 24.0. The second-order valence-electron chi connectivity index (χ2n) is 14.6. The van der Waals surface area contributed by atoms with Crippen molar-refractivity contribution in [1.82, 2.24) is 10.6 Å². The lowest BCUT2D eigenvalue weighted by Crippen LogP contribution is -2.53. The van der Waals surface area contributed by atoms with Crippen LogP contribution in [0.3, 0.4) is 0 Å². The molecule has 0 aromatic carbocycles. The normalized spacial score (nSPS) is 17.0. The Labute approximate surface area is 338 Å². The number of nitrogens with one attached hydrogen (secondary N) is 2. The third kappa shape index (κ3) is 17.1. The smallest absolute Gasteiger partial charge is 0.407 e. The number of rotatable bonds is 25. The number of esters is 6. The summed E-state index contributed by atoms with van der Waals surface area (Å²) in [6, 6.07) is -0.379. The van der Waals surface area contributed by atoms with Crippen molar-refractivity contribution in [3.8, 4) is 0 Å². The molecule has 1 saturated carbocycles. The van der Waals surface area contributed by atoms with E-state index in [1.165, 1.54) is 0 Å². The van der Waals surface area contributed by atoms with E-state index in [9.17, 15) is 38.4 Å². The molecular formula is C40H56N2O16. The molecule has 2 N–H and O–H groups in total. The van der Waals surface area contributed by atoms with Crippen LogP contribution >= 0.6 is 0 Å². The van der Waals surface area contributed by atoms with Crippen LogP contribution in [0.25, 0.3) is 0 Å². The first-order chi connectivity index (χ1) is 27.3. The Morgan fingerprint density at radius 2 is 0.914 bits per heavy atom. The quantitative estimate of drug-likeness (QED) is 0.0761. The van der Waals surface area contributed by atoms with E-state index in [1.807, 2.05) is 20.8 Å². The zero-order valence-electron chi connectivity index (χ0n) is 33.7. The van der Waals surface area contributed by atoms with Gasteiger partial charge in [0.2, 0.25) is 0 Å². The lowest BCUT2D eigenvalue weighted by molar-refractivity contribution is -0.163. The summed E-state index contributed by atoms with van der Waals surface area (Å²) in [7, 11) is 0. The average molecular weight is 821 g/mol. The van der Waals surface area contributed by atoms with Gasteiger partial charge in [-0.05, 0) is 30.1 Å². The maximum Gasteiger partial charge on any atom is 0.407 e. The Morgan fingerprint density at radius 1 is 0.569 bits per heavy atom. The van der Waals surface area contributed by atoms with Gasteiger partial charge < -0.3 is 48.5 Å². The SMILES string of the molecule is C=CC(=O)OCC(COC(=O)C=C)(COC(=O)CC)COC(=O)NCC1(C)CCC(NC(=O)OCC(COC(=O)C=C)(COC(=O)C=C)COC(=O)C=C)CC1(C)C. The average Bonchev–Trinajstić information content (AvgIpc) is 3.21. The molecule has 58 heavy (non-hydrogen) atoms. The molecule has 2 amide bonds. The molecule has 1 aliphatic carbocycles. The van der Waals surface area contributed by atoms with Gasteiger partial charge in [0, 0.05) is 49.4 Å². The van der Waals surface area contributed by atoms with E-state index in [2.05, 4.69) is 43.5 Å². The van der Waals surface area contributed by atoms with Crippen molar-refractivity contribution in [1.29, 1.82) is 0 Å². The number of carbonyl (C=O) groups excluding carboxylic acids is 8. The molecule has 1 rings (SSSR count). The minimum atomic E-state index is -1.51. The molecule has 0 aromatic heterocycles. The van der Waals surface area contributed by atoms with Crippen LogP contribution in [-0.4, -0.2) is 113 Å². The lowest BCUT2D eigenvalue weighted by Gasteiger charge is -2.50. The Kier molecular flexibility index (Phi) is 20.7. The van der Waals surface area contributed by atoms with E-state index in [-0.39, 0.29) is 19.0 Å². The largest absolute Gasteiger partial charge is 0.465 e. The third-order valence-corrected chi connectivity index (χ3v) is 9.66. The van der Waals surface area contributed by atoms with E-state index in [0.29, 0.717) is 19.3 Å². The van der Waals surface area contributed by atoms with Crippen molar-refractivity contribution < 1.29 is 76.3 Å². The number of hydrogen-bond donors (Lipinski definition) is 2. The molecule has 1 fully saturated rings. The molecule has 0 radical (unpaired) electrons. The van der Waals surface area contributed by atoms with E-state index in [1.54, 1.807) is 6.92 Å². The first-order valence-electron chi connectivity index (χ1n) is 18.2. The van der Waals surface area contributed by atoms with Gasteiger partial charge in [-0.3, -0.25) is 4.79 Å². The molecule has 2 unspecified atom stereocenters. The highest BCUT2D eigenvalue weighted by Gasteiger charge is 2.47. The highest BCUT2D eigenvalue weighted by Crippen LogP contribution is 2.49. The highest BCUT2D eigenvalue weighted by molar-refractivity contribution is 5.83. The number of ether oxygens (including phenoxy) is 8. The summed E-state index contributed by atoms with van der Waals surface area (Å²) in [5, 5.41) is 5.58. The summed E-state index contributed by atoms with van der Waals surface area (Å²) in [4.78, 5) is 97.7. The van der Waals surface area contributed by atoms with Crippen LogP contribution in [0.4, 0.5) is 9.59 Å². The Bertz CT molecular complexity index is 1470. The van der Waals surface area contributed by atoms with Crippen molar-refractivity contribution in [3.05, 3.63) is 63.3 Å². The molecular weight excluding hydrogens is 764 g/mol. The fourth-order valence-electron chi connectivity index (χ4n) is 5.46. The first-order valence-corrected chi connectivity index (χ1v) is 18.2. The monoisotopic (exact) mass is 820 g/mol. The molecule has 0 heterocycles. The summed E-state index contributed by atoms with van der Waals surface area (Å²) in [6.07, 6.45) is 4.30. The van der Waals surface area contributed by atoms with Crippen LogP contribution < -0.4 is 10.6 Å². The minimum Gasteiger partial charge on any atom is -0.465 e. The van der Waals surface area contributed by atoms with Crippen molar-refractivity contribution in [2.75, 3.05) is 59.4 Å². The topological polar surface area (TPSA) is 234 Å². The maximum atomic E-state index is 13.1. The number of carbonyl (C=O) groups is 8. The van der Waals surface area contributed by atoms with Crippen molar-refractivity contribution in [3.63, 3.8) is 0 Å². The number of hydrogen-bond acceptors (Lipinski definition) is 16. The summed E-state index contributed by atoms with van der Waals surface area (Å²) < 4.78 is 42.1. The third-order valence-electron chi connectivity index (χ3n) is 9.66. The molecule has 2 atom stereocenters. The lowest BCUT2D eigenvalue weighted by atomic mass is 9.57. The van der Waals surface area contributed by atoms with Gasteiger partial charge >= 0.3 is 48.0 Å². The van der Waals surface area contributed by atoms with Crippen LogP contribution in [0.1, 0.15) is 53.4 Å². The van der Waals surface area contributed by atoms with Gasteiger partial charge in [-0.15, -0.1) is 0 Å². The van der Waals surface area contributed by atoms with Crippen LogP contribution in [0, 0.1) is 21.7 Å². The van der Waals surface area contributed by atoms with Crippen LogP contribution in [0.2, 0.25) is 0 Å². The van der Waals surface area contributed by atoms with Gasteiger partial charge in [0.1, 0.15) is 63.7 Å². The van der Waals surface area contributed by atoms with Crippen LogP contribution in [0.5, 0.6) is 0 Å². The van der Waals surface area contributed by atoms with E-state index in [4.69, 9.17) is 37.9 Å². The molecule has 0 spiro atoms. The van der Waals surface area contributed by atoms with Crippen molar-refractivity contribution in [2.24, 2.45) is 21.7 Å². The van der Waals surface area contributed by atoms with Gasteiger partial charge in [-0.2, -0.15) is 0 Å². The summed E-state index contributed by atoms with van der Waals surface area (Å²) in [5.74, 6) is -4.68. The predicted molar refractivity (Wildman–Crippen MR) is 205 cm³/mol. The van der Waals surface area contributed by atoms with Gasteiger partial charge in [0.05, 0.1) is 0 Å². The second-order valence-corrected chi connectivity index (χ2v) is 14.6. The molecule has 18 nitrogen and oxygen atoms in total. The fraction of sp³-hybridized carbons (Fsp3) is 0.550. The molecule has 18 heteroatoms. The van der Waals surface area contributed by atoms with Crippen LogP contribution in [0.15, 0.2) is 63.3 Å². The standard InChI is InChI=1S/C40H56N2O16/c1-10-29(43)51-20-39(21-52-30(44)11-2,22-53-31(45)12-3)26-57-35(49)41-19-38(9)17-16-28(18-37(38,7)8)42-36(50)58-27-40(23-54-32(46)13-4,24-55-33(47)14-5)25-56-34(48)15-6/h10-11,13-15,28H,1-2,4-6,12,16-27H2,3,7-9H3,(H,41,49)(H,42,50). The van der Waals surface area contributed by atoms with Crippen LogP contribution in [-0.2, 0) is 66.7 Å². The maximum absolute atomic E-state index is 13.1. The summed E-state index contributed by atoms with van der Waals surface area (Å²) in [6.45, 7) is 20.5. The zero-order chi connectivity index (χ0) is 44.0. The van der Waals surface area contributed by atoms with Gasteiger partial charge in [-0.25, -0.2) is 33.6 Å². The fourth-order valence-corrected chi connectivity index (χ4v) is 5.46. The van der Waals surface area contributed by atoms with Gasteiger partial charge in [-0.1, -0.05) is 60.6 Å². The Balaban J connectivity index is 3.02. The van der Waals surface area contributed by atoms with E-state index < -0.39 is 123 Å². The number of alkyl carbamates (subject to hydrolysis) is 2. The summed E-state index contributed by atoms with van der Waals surface area (Å²) >= 11 is 0. The highest BCUT2D eigenvalue weighted by atomic mass is 16.6. The van der Waals surface area contributed by atoms with E-state index in [0.717, 1.165) is 30.4 Å². The molecule has 0 saturated heterocycles. The minimum absolute atomic E-state index is 0.0298. The number of amides is 2. The zero-order valence-corrected chi connectivity index (χ0v) is 33.7. The van der Waals surface area contributed by atoms with Gasteiger partial charge in [0.15, 0.2) is 0 Å². The molecule has 0 bridgehead atoms.